The fraction of sp³-hybridized carbons (Fsp3) is 0.627. The molecule has 0 saturated carbocycles. The fourth-order valence-electron chi connectivity index (χ4n) is 8.84. The Morgan fingerprint density at radius 1 is 0.928 bits per heavy atom. The third kappa shape index (κ3) is 14.3. The number of hydrogen-bond donors (Lipinski definition) is 6. The molecule has 1 aromatic rings. The number of halogens is 2. The molecule has 0 aliphatic carbocycles. The lowest BCUT2D eigenvalue weighted by atomic mass is 9.76. The topological polar surface area (TPSA) is 237 Å². The van der Waals surface area contributed by atoms with Crippen LogP contribution in [0.4, 0.5) is 0 Å². The third-order valence-electron chi connectivity index (χ3n) is 13.0. The van der Waals surface area contributed by atoms with Crippen LogP contribution >= 0.6 is 23.2 Å². The Hall–Kier alpha value is -3.65. The lowest BCUT2D eigenvalue weighted by Crippen LogP contribution is -2.60. The Balaban J connectivity index is 1.61. The maximum atomic E-state index is 13.9. The van der Waals surface area contributed by atoms with Crippen molar-refractivity contribution in [3.63, 3.8) is 0 Å². The Kier molecular flexibility index (Phi) is 21.1. The zero-order valence-corrected chi connectivity index (χ0v) is 43.1. The van der Waals surface area contributed by atoms with Crippen LogP contribution in [0.5, 0.6) is 11.5 Å². The highest BCUT2D eigenvalue weighted by atomic mass is 35.5. The maximum absolute atomic E-state index is 13.9. The van der Waals surface area contributed by atoms with Gasteiger partial charge in [-0.3, -0.25) is 4.79 Å². The molecule has 4 rings (SSSR count). The van der Waals surface area contributed by atoms with E-state index in [1.165, 1.54) is 40.0 Å². The van der Waals surface area contributed by atoms with Crippen LogP contribution in [0.3, 0.4) is 0 Å². The van der Waals surface area contributed by atoms with E-state index in [4.69, 9.17) is 56.4 Å². The number of cyclic esters (lactones) is 1. The molecular formula is C51H72Cl2O16. The normalized spacial score (nSPS) is 35.4. The number of ether oxygens (including phenoxy) is 7. The first-order chi connectivity index (χ1) is 32.2. The van der Waals surface area contributed by atoms with E-state index >= 15 is 0 Å². The van der Waals surface area contributed by atoms with Gasteiger partial charge in [0.25, 0.3) is 0 Å². The number of aliphatic hydroxyl groups is 4. The van der Waals surface area contributed by atoms with E-state index in [0.717, 1.165) is 5.57 Å². The number of ketones is 1. The SMILES string of the molecule is CCC1/C=C(\C)C(O)C/C=C/C=C(\COC2OC(C)C(OC(=O)c3c(C)c(Cl)c(O)c(Cl)c3O)C(O)C2OC)C(=O)OC(C(C)=O)C/C=C(C)/C=C(\C)C1OC1OC(C)(C)C(CC(C)C)C(O)C1O. The van der Waals surface area contributed by atoms with E-state index in [0.29, 0.717) is 24.0 Å². The number of allylic oxidation sites excluding steroid dienone is 4. The van der Waals surface area contributed by atoms with Gasteiger partial charge in [-0.1, -0.05) is 79.9 Å². The summed E-state index contributed by atoms with van der Waals surface area (Å²) in [5, 5.41) is 65.3. The van der Waals surface area contributed by atoms with Gasteiger partial charge in [-0.2, -0.15) is 0 Å². The van der Waals surface area contributed by atoms with Crippen molar-refractivity contribution in [1.82, 2.24) is 0 Å². The molecule has 3 aliphatic heterocycles. The number of Topliss-reactive ketones (excluding diaryl/α,β-unsaturated/α-hetero) is 1. The van der Waals surface area contributed by atoms with Crippen LogP contribution in [-0.2, 0) is 42.7 Å². The number of esters is 2. The molecule has 0 amide bonds. The van der Waals surface area contributed by atoms with Crippen LogP contribution < -0.4 is 0 Å². The Labute approximate surface area is 415 Å². The Morgan fingerprint density at radius 2 is 1.59 bits per heavy atom. The highest BCUT2D eigenvalue weighted by molar-refractivity contribution is 6.39. The number of benzene rings is 1. The molecule has 13 atom stereocenters. The molecule has 13 unspecified atom stereocenters. The smallest absolute Gasteiger partial charge is 0.342 e. The van der Waals surface area contributed by atoms with Gasteiger partial charge in [-0.05, 0) is 103 Å². The van der Waals surface area contributed by atoms with Gasteiger partial charge < -0.3 is 63.8 Å². The van der Waals surface area contributed by atoms with Crippen LogP contribution in [0.25, 0.3) is 0 Å². The van der Waals surface area contributed by atoms with E-state index < -0.39 is 120 Å². The molecule has 18 heteroatoms. The minimum atomic E-state index is -1.57. The quantitative estimate of drug-likeness (QED) is 0.0891. The molecule has 3 aliphatic rings. The molecule has 0 aromatic heterocycles. The van der Waals surface area contributed by atoms with Gasteiger partial charge in [0.2, 0.25) is 0 Å². The molecule has 386 valence electrons. The molecule has 1 aromatic carbocycles. The van der Waals surface area contributed by atoms with E-state index in [1.54, 1.807) is 19.1 Å². The van der Waals surface area contributed by atoms with E-state index in [9.17, 15) is 45.0 Å². The molecule has 16 nitrogen and oxygen atoms in total. The number of hydrogen-bond acceptors (Lipinski definition) is 16. The first-order valence-electron chi connectivity index (χ1n) is 23.3. The van der Waals surface area contributed by atoms with Crippen molar-refractivity contribution >= 4 is 40.9 Å². The number of carbonyl (C=O) groups excluding carboxylic acids is 3. The maximum Gasteiger partial charge on any atom is 0.342 e. The first kappa shape index (κ1) is 57.9. The van der Waals surface area contributed by atoms with Crippen molar-refractivity contribution in [2.75, 3.05) is 13.7 Å². The summed E-state index contributed by atoms with van der Waals surface area (Å²) in [7, 11) is 1.26. The van der Waals surface area contributed by atoms with Crippen LogP contribution in [0.2, 0.25) is 10.0 Å². The number of phenolic OH excluding ortho intramolecular Hbond substituents is 2. The second-order valence-electron chi connectivity index (χ2n) is 19.2. The van der Waals surface area contributed by atoms with Gasteiger partial charge in [0.1, 0.15) is 28.9 Å². The van der Waals surface area contributed by atoms with Crippen LogP contribution in [-0.4, -0.2) is 135 Å². The second kappa shape index (κ2) is 25.1. The van der Waals surface area contributed by atoms with Gasteiger partial charge in [-0.25, -0.2) is 9.59 Å². The summed E-state index contributed by atoms with van der Waals surface area (Å²) in [6.45, 7) is 19.0. The van der Waals surface area contributed by atoms with Crippen molar-refractivity contribution in [3.8, 4) is 11.5 Å². The molecule has 0 bridgehead atoms. The average molecular weight is 1010 g/mol. The zero-order chi connectivity index (χ0) is 51.8. The standard InChI is InChI=1S/C51H72Cl2O16/c1-13-31-22-26(5)34(55)17-15-14-16-32(23-64-50-46(63-12)43(60)45(30(9)65-50)67-48(62)36-28(7)37(52)41(58)38(53)40(36)57)47(61)66-35(29(8)54)19-18-25(4)21-27(6)44(31)68-49-42(59)39(56)33(20-24(2)3)51(10,11)69-49/h14-16,18,21-22,24,30-31,33-35,39,42-46,49-50,55-60H,13,17,19-20,23H2,1-12H3/b15-14+,25-18+,26-22+,27-21+,32-16+. The van der Waals surface area contributed by atoms with Crippen molar-refractivity contribution in [3.05, 3.63) is 79.9 Å². The van der Waals surface area contributed by atoms with Crippen molar-refractivity contribution in [1.29, 1.82) is 0 Å². The first-order valence-corrected chi connectivity index (χ1v) is 24.1. The molecule has 69 heavy (non-hydrogen) atoms. The molecule has 0 spiro atoms. The summed E-state index contributed by atoms with van der Waals surface area (Å²) in [6.07, 6.45) is -1.57. The number of phenols is 2. The van der Waals surface area contributed by atoms with Gasteiger partial charge in [0.05, 0.1) is 47.2 Å². The van der Waals surface area contributed by atoms with E-state index in [2.05, 4.69) is 0 Å². The van der Waals surface area contributed by atoms with Crippen LogP contribution in [0.1, 0.15) is 111 Å². The summed E-state index contributed by atoms with van der Waals surface area (Å²) >= 11 is 12.1. The minimum Gasteiger partial charge on any atom is -0.505 e. The minimum absolute atomic E-state index is 0.0117. The highest BCUT2D eigenvalue weighted by Crippen LogP contribution is 2.45. The summed E-state index contributed by atoms with van der Waals surface area (Å²) in [5.41, 5.74) is 0.759. The van der Waals surface area contributed by atoms with Gasteiger partial charge in [0.15, 0.2) is 42.1 Å². The lowest BCUT2D eigenvalue weighted by molar-refractivity contribution is -0.323. The Bertz CT molecular complexity index is 2110. The molecule has 6 N–H and O–H groups in total. The number of aliphatic hydroxyl groups excluding tert-OH is 4. The van der Waals surface area contributed by atoms with Crippen molar-refractivity contribution in [2.45, 2.75) is 175 Å². The third-order valence-corrected chi connectivity index (χ3v) is 13.8. The molecule has 2 fully saturated rings. The van der Waals surface area contributed by atoms with Crippen LogP contribution in [0.15, 0.2) is 58.7 Å². The van der Waals surface area contributed by atoms with Gasteiger partial charge >= 0.3 is 11.9 Å². The Morgan fingerprint density at radius 3 is 2.20 bits per heavy atom. The number of carbonyl (C=O) groups is 3. The summed E-state index contributed by atoms with van der Waals surface area (Å²) in [4.78, 5) is 40.2. The number of rotatable bonds is 12. The number of aromatic hydroxyl groups is 2. The number of methoxy groups -OCH3 is 1. The molecule has 3 heterocycles. The van der Waals surface area contributed by atoms with Gasteiger partial charge in [0, 0.05) is 25.4 Å². The predicted molar refractivity (Wildman–Crippen MR) is 258 cm³/mol. The summed E-state index contributed by atoms with van der Waals surface area (Å²) in [6, 6.07) is 0. The van der Waals surface area contributed by atoms with Crippen LogP contribution in [0, 0.1) is 24.7 Å². The summed E-state index contributed by atoms with van der Waals surface area (Å²) < 4.78 is 42.0. The lowest BCUT2D eigenvalue weighted by Gasteiger charge is -2.49. The molecular weight excluding hydrogens is 939 g/mol. The van der Waals surface area contributed by atoms with E-state index in [-0.39, 0.29) is 46.8 Å². The van der Waals surface area contributed by atoms with Gasteiger partial charge in [-0.15, -0.1) is 0 Å². The fourth-order valence-corrected chi connectivity index (χ4v) is 9.27. The van der Waals surface area contributed by atoms with Crippen molar-refractivity contribution in [2.24, 2.45) is 17.8 Å². The monoisotopic (exact) mass is 1010 g/mol. The van der Waals surface area contributed by atoms with E-state index in [1.807, 2.05) is 60.6 Å². The zero-order valence-electron chi connectivity index (χ0n) is 41.6. The molecule has 0 radical (unpaired) electrons. The average Bonchev–Trinajstić information content (AvgIpc) is 3.28. The predicted octanol–water partition coefficient (Wildman–Crippen LogP) is 7.28. The highest BCUT2D eigenvalue weighted by Gasteiger charge is 2.51. The van der Waals surface area contributed by atoms with Crippen molar-refractivity contribution < 1.29 is 78.2 Å². The summed E-state index contributed by atoms with van der Waals surface area (Å²) in [5.74, 6) is -4.24. The molecule has 2 saturated heterocycles. The largest absolute Gasteiger partial charge is 0.505 e. The second-order valence-corrected chi connectivity index (χ2v) is 20.0.